The van der Waals surface area contributed by atoms with E-state index in [-0.39, 0.29) is 18.5 Å². The molecule has 1 atom stereocenters. The molecule has 0 bridgehead atoms. The molecule has 8 heteroatoms. The predicted molar refractivity (Wildman–Crippen MR) is 76.4 cm³/mol. The molecule has 2 fully saturated rings. The number of hydrogen-bond acceptors (Lipinski definition) is 2. The van der Waals surface area contributed by atoms with E-state index in [1.807, 2.05) is 0 Å². The van der Waals surface area contributed by atoms with Crippen LogP contribution in [0, 0.1) is 12.3 Å². The summed E-state index contributed by atoms with van der Waals surface area (Å²) in [4.78, 5) is 25.2. The minimum atomic E-state index is -4.51. The molecule has 1 aliphatic carbocycles. The number of benzene rings is 1. The lowest BCUT2D eigenvalue weighted by Crippen LogP contribution is -2.46. The average Bonchev–Trinajstić information content (AvgIpc) is 3.16. The van der Waals surface area contributed by atoms with Crippen molar-refractivity contribution in [3.63, 3.8) is 0 Å². The summed E-state index contributed by atoms with van der Waals surface area (Å²) >= 11 is 3.30. The number of anilines is 1. The van der Waals surface area contributed by atoms with Crippen LogP contribution < -0.4 is 10.2 Å². The Kier molecular flexibility index (Phi) is 3.28. The van der Waals surface area contributed by atoms with Crippen LogP contribution in [0.3, 0.4) is 0 Å². The van der Waals surface area contributed by atoms with E-state index < -0.39 is 29.6 Å². The first kappa shape index (κ1) is 15.3. The quantitative estimate of drug-likeness (QED) is 0.802. The van der Waals surface area contributed by atoms with E-state index >= 15 is 0 Å². The number of halogens is 4. The van der Waals surface area contributed by atoms with Crippen molar-refractivity contribution < 1.29 is 22.8 Å². The van der Waals surface area contributed by atoms with Crippen molar-refractivity contribution in [2.45, 2.75) is 32.0 Å². The van der Waals surface area contributed by atoms with E-state index in [1.54, 1.807) is 19.1 Å². The van der Waals surface area contributed by atoms with Gasteiger partial charge >= 0.3 is 12.2 Å². The Morgan fingerprint density at radius 2 is 1.95 bits per heavy atom. The first-order chi connectivity index (χ1) is 10.2. The molecule has 1 N–H and O–H groups in total. The summed E-state index contributed by atoms with van der Waals surface area (Å²) in [5, 5.41) is 2.20. The number of urea groups is 1. The lowest BCUT2D eigenvalue weighted by molar-refractivity contribution is -0.194. The molecular weight excluding hydrogens is 365 g/mol. The van der Waals surface area contributed by atoms with Crippen LogP contribution in [-0.2, 0) is 4.79 Å². The van der Waals surface area contributed by atoms with Crippen molar-refractivity contribution >= 4 is 33.6 Å². The Morgan fingerprint density at radius 1 is 1.32 bits per heavy atom. The number of aryl methyl sites for hydroxylation is 1. The molecule has 22 heavy (non-hydrogen) atoms. The van der Waals surface area contributed by atoms with Crippen LogP contribution in [0.5, 0.6) is 0 Å². The van der Waals surface area contributed by atoms with Gasteiger partial charge in [-0.05, 0) is 43.5 Å². The molecule has 1 saturated carbocycles. The van der Waals surface area contributed by atoms with Gasteiger partial charge in [0.05, 0.1) is 11.1 Å². The van der Waals surface area contributed by atoms with Crippen molar-refractivity contribution in [3.8, 4) is 0 Å². The van der Waals surface area contributed by atoms with Gasteiger partial charge in [-0.3, -0.25) is 4.79 Å². The molecule has 2 aliphatic rings. The SMILES string of the molecule is Cc1cc(N2C(=O)NC(C3(C(F)(F)F)CC3)C2=O)ccc1Br. The molecule has 3 rings (SSSR count). The number of carbonyl (C=O) groups excluding carboxylic acids is 2. The van der Waals surface area contributed by atoms with Crippen molar-refractivity contribution in [2.24, 2.45) is 5.41 Å². The highest BCUT2D eigenvalue weighted by molar-refractivity contribution is 9.10. The molecular formula is C14H12BrF3N2O2. The fourth-order valence-corrected chi connectivity index (χ4v) is 2.98. The zero-order valence-corrected chi connectivity index (χ0v) is 13.1. The van der Waals surface area contributed by atoms with E-state index in [0.29, 0.717) is 0 Å². The van der Waals surface area contributed by atoms with Gasteiger partial charge in [-0.2, -0.15) is 13.2 Å². The largest absolute Gasteiger partial charge is 0.396 e. The highest BCUT2D eigenvalue weighted by Gasteiger charge is 2.71. The normalized spacial score (nSPS) is 23.7. The minimum Gasteiger partial charge on any atom is -0.325 e. The van der Waals surface area contributed by atoms with Gasteiger partial charge in [0.15, 0.2) is 0 Å². The fourth-order valence-electron chi connectivity index (χ4n) is 2.74. The lowest BCUT2D eigenvalue weighted by atomic mass is 9.95. The van der Waals surface area contributed by atoms with E-state index in [0.717, 1.165) is 14.9 Å². The van der Waals surface area contributed by atoms with Crippen LogP contribution in [0.25, 0.3) is 0 Å². The van der Waals surface area contributed by atoms with E-state index in [9.17, 15) is 22.8 Å². The zero-order valence-electron chi connectivity index (χ0n) is 11.5. The zero-order chi connectivity index (χ0) is 16.3. The minimum absolute atomic E-state index is 0.138. The maximum atomic E-state index is 13.2. The Balaban J connectivity index is 1.94. The fraction of sp³-hybridized carbons (Fsp3) is 0.429. The first-order valence-electron chi connectivity index (χ1n) is 6.65. The molecule has 1 heterocycles. The summed E-state index contributed by atoms with van der Waals surface area (Å²) in [6, 6.07) is 2.40. The second-order valence-corrected chi connectivity index (χ2v) is 6.50. The Morgan fingerprint density at radius 3 is 2.45 bits per heavy atom. The van der Waals surface area contributed by atoms with Gasteiger partial charge in [0.1, 0.15) is 6.04 Å². The van der Waals surface area contributed by atoms with Crippen LogP contribution in [0.1, 0.15) is 18.4 Å². The monoisotopic (exact) mass is 376 g/mol. The smallest absolute Gasteiger partial charge is 0.325 e. The third kappa shape index (κ3) is 2.12. The maximum Gasteiger partial charge on any atom is 0.396 e. The number of imide groups is 1. The summed E-state index contributed by atoms with van der Waals surface area (Å²) < 4.78 is 40.3. The Labute approximate surface area is 132 Å². The lowest BCUT2D eigenvalue weighted by Gasteiger charge is -2.23. The molecule has 1 aromatic rings. The molecule has 1 aliphatic heterocycles. The Hall–Kier alpha value is -1.57. The van der Waals surface area contributed by atoms with E-state index in [4.69, 9.17) is 0 Å². The summed E-state index contributed by atoms with van der Waals surface area (Å²) in [6.45, 7) is 1.77. The number of nitrogens with zero attached hydrogens (tertiary/aromatic N) is 1. The predicted octanol–water partition coefficient (Wildman–Crippen LogP) is 3.52. The average molecular weight is 377 g/mol. The van der Waals surface area contributed by atoms with Gasteiger partial charge in [0.25, 0.3) is 5.91 Å². The maximum absolute atomic E-state index is 13.2. The molecule has 0 aromatic heterocycles. The number of nitrogens with one attached hydrogen (secondary N) is 1. The van der Waals surface area contributed by atoms with Gasteiger partial charge in [0.2, 0.25) is 0 Å². The van der Waals surface area contributed by atoms with Crippen molar-refractivity contribution in [2.75, 3.05) is 4.90 Å². The Bertz CT molecular complexity index is 671. The third-order valence-electron chi connectivity index (χ3n) is 4.24. The molecule has 1 aromatic carbocycles. The van der Waals surface area contributed by atoms with Crippen molar-refractivity contribution in [1.29, 1.82) is 0 Å². The molecule has 118 valence electrons. The summed E-state index contributed by atoms with van der Waals surface area (Å²) in [5.41, 5.74) is -1.07. The van der Waals surface area contributed by atoms with Crippen LogP contribution in [0.2, 0.25) is 0 Å². The molecule has 0 spiro atoms. The van der Waals surface area contributed by atoms with Crippen LogP contribution >= 0.6 is 15.9 Å². The molecule has 1 unspecified atom stereocenters. The number of rotatable bonds is 2. The molecule has 4 nitrogen and oxygen atoms in total. The van der Waals surface area contributed by atoms with Gasteiger partial charge < -0.3 is 5.32 Å². The standard InChI is InChI=1S/C14H12BrF3N2O2/c1-7-6-8(2-3-9(7)15)20-11(21)10(19-12(20)22)13(4-5-13)14(16,17)18/h2-3,6,10H,4-5H2,1H3,(H,19,22). The van der Waals surface area contributed by atoms with Crippen molar-refractivity contribution in [3.05, 3.63) is 28.2 Å². The first-order valence-corrected chi connectivity index (χ1v) is 7.44. The topological polar surface area (TPSA) is 49.4 Å². The highest BCUT2D eigenvalue weighted by atomic mass is 79.9. The number of hydrogen-bond donors (Lipinski definition) is 1. The number of alkyl halides is 3. The van der Waals surface area contributed by atoms with Crippen LogP contribution in [0.15, 0.2) is 22.7 Å². The van der Waals surface area contributed by atoms with E-state index in [2.05, 4.69) is 21.2 Å². The summed E-state index contributed by atoms with van der Waals surface area (Å²) in [7, 11) is 0. The molecule has 3 amide bonds. The summed E-state index contributed by atoms with van der Waals surface area (Å²) in [6.07, 6.45) is -4.78. The number of carbonyl (C=O) groups is 2. The van der Waals surface area contributed by atoms with E-state index in [1.165, 1.54) is 6.07 Å². The van der Waals surface area contributed by atoms with Crippen LogP contribution in [0.4, 0.5) is 23.7 Å². The van der Waals surface area contributed by atoms with Gasteiger partial charge in [-0.15, -0.1) is 0 Å². The summed E-state index contributed by atoms with van der Waals surface area (Å²) in [5.74, 6) is -0.846. The highest BCUT2D eigenvalue weighted by Crippen LogP contribution is 2.60. The second-order valence-electron chi connectivity index (χ2n) is 5.64. The molecule has 0 radical (unpaired) electrons. The third-order valence-corrected chi connectivity index (χ3v) is 5.13. The van der Waals surface area contributed by atoms with Crippen molar-refractivity contribution in [1.82, 2.24) is 5.32 Å². The van der Waals surface area contributed by atoms with Gasteiger partial charge in [0, 0.05) is 4.47 Å². The molecule has 1 saturated heterocycles. The van der Waals surface area contributed by atoms with Crippen LogP contribution in [-0.4, -0.2) is 24.2 Å². The van der Waals surface area contributed by atoms with Gasteiger partial charge in [-0.25, -0.2) is 9.69 Å². The van der Waals surface area contributed by atoms with Gasteiger partial charge in [-0.1, -0.05) is 15.9 Å². The number of amides is 3. The second kappa shape index (κ2) is 4.71.